The first kappa shape index (κ1) is 32.8. The maximum Gasteiger partial charge on any atom is 0.412 e. The Morgan fingerprint density at radius 2 is 1.75 bits per heavy atom. The number of pyridine rings is 3. The van der Waals surface area contributed by atoms with Crippen LogP contribution in [0.25, 0.3) is 11.3 Å². The van der Waals surface area contributed by atoms with Gasteiger partial charge < -0.3 is 15.2 Å². The van der Waals surface area contributed by atoms with Crippen LogP contribution < -0.4 is 15.8 Å². The summed E-state index contributed by atoms with van der Waals surface area (Å²) in [6.45, 7) is 5.98. The van der Waals surface area contributed by atoms with Gasteiger partial charge in [-0.05, 0) is 71.6 Å². The molecule has 40 heavy (non-hydrogen) atoms. The molecule has 3 aromatic rings. The molecule has 0 saturated carbocycles. The highest BCUT2D eigenvalue weighted by atomic mass is 79.9. The molecule has 1 amide bonds. The van der Waals surface area contributed by atoms with Crippen LogP contribution in [0, 0.1) is 11.7 Å². The molecular weight excluding hydrogens is 605 g/mol. The molecule has 3 N–H and O–H groups in total. The van der Waals surface area contributed by atoms with Crippen molar-refractivity contribution < 1.29 is 36.2 Å². The maximum atomic E-state index is 13.6. The fourth-order valence-electron chi connectivity index (χ4n) is 3.54. The molecule has 0 spiro atoms. The molecule has 8 nitrogen and oxygen atoms in total. The third kappa shape index (κ3) is 10.3. The third-order valence-electron chi connectivity index (χ3n) is 5.04. The van der Waals surface area contributed by atoms with Gasteiger partial charge in [-0.15, -0.1) is 0 Å². The van der Waals surface area contributed by atoms with Gasteiger partial charge in [-0.3, -0.25) is 5.32 Å². The average molecular weight is 634 g/mol. The predicted octanol–water partition coefficient (Wildman–Crippen LogP) is 7.32. The van der Waals surface area contributed by atoms with E-state index >= 15 is 0 Å². The van der Waals surface area contributed by atoms with Crippen LogP contribution in [0.5, 0.6) is 5.75 Å². The van der Waals surface area contributed by atoms with Crippen LogP contribution in [0.3, 0.4) is 0 Å². The van der Waals surface area contributed by atoms with Gasteiger partial charge in [0, 0.05) is 17.3 Å². The Balaban J connectivity index is 0.000000425. The Bertz CT molecular complexity index is 1280. The summed E-state index contributed by atoms with van der Waals surface area (Å²) in [5.41, 5.74) is 5.05. The number of anilines is 1. The zero-order valence-corrected chi connectivity index (χ0v) is 23.7. The minimum Gasteiger partial charge on any atom is -0.490 e. The molecule has 14 heteroatoms. The van der Waals surface area contributed by atoms with Crippen molar-refractivity contribution in [3.05, 3.63) is 64.4 Å². The highest BCUT2D eigenvalue weighted by molar-refractivity contribution is 9.10. The molecule has 0 aliphatic heterocycles. The molecule has 0 saturated heterocycles. The second kappa shape index (κ2) is 14.8. The summed E-state index contributed by atoms with van der Waals surface area (Å²) in [4.78, 5) is 22.6. The van der Waals surface area contributed by atoms with E-state index in [1.54, 1.807) is 12.1 Å². The number of hydrogen-bond donors (Lipinski definition) is 2. The SMILES string of the molecule is COC(=O)Nc1cc(-c2ccc(OC[C@@](C)(N)CC(C)C)c(C(F)F)n2)ccn1.Fc1ccc(Br)nc1C(F)F. The van der Waals surface area contributed by atoms with E-state index < -0.39 is 41.7 Å². The minimum absolute atomic E-state index is 0.00820. The van der Waals surface area contributed by atoms with Crippen LogP contribution in [-0.4, -0.2) is 40.3 Å². The summed E-state index contributed by atoms with van der Waals surface area (Å²) in [7, 11) is 1.22. The number of rotatable bonds is 9. The van der Waals surface area contributed by atoms with Gasteiger partial charge in [0.1, 0.15) is 34.2 Å². The van der Waals surface area contributed by atoms with Crippen LogP contribution in [0.2, 0.25) is 0 Å². The van der Waals surface area contributed by atoms with Crippen LogP contribution in [0.1, 0.15) is 51.4 Å². The van der Waals surface area contributed by atoms with Crippen LogP contribution in [0.15, 0.2) is 47.2 Å². The molecule has 0 fully saturated rings. The maximum absolute atomic E-state index is 13.6. The van der Waals surface area contributed by atoms with Crippen LogP contribution in [-0.2, 0) is 4.74 Å². The van der Waals surface area contributed by atoms with E-state index in [9.17, 15) is 26.7 Å². The summed E-state index contributed by atoms with van der Waals surface area (Å²) < 4.78 is 73.7. The lowest BCUT2D eigenvalue weighted by Gasteiger charge is -2.27. The highest BCUT2D eigenvalue weighted by Gasteiger charge is 2.24. The molecule has 0 aliphatic rings. The Morgan fingerprint density at radius 3 is 2.33 bits per heavy atom. The number of nitrogens with one attached hydrogen (secondary N) is 1. The Labute approximate surface area is 236 Å². The summed E-state index contributed by atoms with van der Waals surface area (Å²) in [6, 6.07) is 8.33. The van der Waals surface area contributed by atoms with Crippen molar-refractivity contribution in [2.75, 3.05) is 19.0 Å². The Morgan fingerprint density at radius 1 is 1.07 bits per heavy atom. The molecule has 0 bridgehead atoms. The van der Waals surface area contributed by atoms with E-state index in [1.807, 2.05) is 20.8 Å². The van der Waals surface area contributed by atoms with Crippen molar-refractivity contribution in [3.63, 3.8) is 0 Å². The van der Waals surface area contributed by atoms with E-state index in [2.05, 4.69) is 40.9 Å². The third-order valence-corrected chi connectivity index (χ3v) is 5.48. The normalized spacial score (nSPS) is 12.6. The number of amides is 1. The van der Waals surface area contributed by atoms with Gasteiger partial charge in [0.05, 0.1) is 12.8 Å². The second-order valence-corrected chi connectivity index (χ2v) is 10.1. The van der Waals surface area contributed by atoms with Crippen molar-refractivity contribution in [2.24, 2.45) is 11.7 Å². The number of carbonyl (C=O) groups is 1. The van der Waals surface area contributed by atoms with Crippen molar-refractivity contribution in [1.82, 2.24) is 15.0 Å². The summed E-state index contributed by atoms with van der Waals surface area (Å²) in [5, 5.41) is 2.42. The van der Waals surface area contributed by atoms with Gasteiger partial charge in [-0.25, -0.2) is 41.7 Å². The van der Waals surface area contributed by atoms with Crippen molar-refractivity contribution in [1.29, 1.82) is 0 Å². The van der Waals surface area contributed by atoms with E-state index in [1.165, 1.54) is 31.5 Å². The lowest BCUT2D eigenvalue weighted by Crippen LogP contribution is -2.43. The lowest BCUT2D eigenvalue weighted by atomic mass is 9.93. The number of hydrogen-bond acceptors (Lipinski definition) is 7. The number of nitrogens with two attached hydrogens (primary N) is 1. The van der Waals surface area contributed by atoms with Crippen molar-refractivity contribution >= 4 is 27.8 Å². The summed E-state index contributed by atoms with van der Waals surface area (Å²) >= 11 is 2.85. The second-order valence-electron chi connectivity index (χ2n) is 9.27. The first-order chi connectivity index (χ1) is 18.7. The number of alkyl halides is 4. The van der Waals surface area contributed by atoms with E-state index in [0.29, 0.717) is 23.6 Å². The molecule has 1 atom stereocenters. The topological polar surface area (TPSA) is 112 Å². The van der Waals surface area contributed by atoms with Gasteiger partial charge in [-0.1, -0.05) is 13.8 Å². The Hall–Kier alpha value is -3.39. The molecule has 218 valence electrons. The number of carbonyl (C=O) groups excluding carboxylic acids is 1. The molecule has 3 heterocycles. The molecule has 3 rings (SSSR count). The lowest BCUT2D eigenvalue weighted by molar-refractivity contribution is 0.134. The zero-order valence-electron chi connectivity index (χ0n) is 22.1. The molecular formula is C26H29BrF5N5O3. The molecule has 0 aliphatic carbocycles. The van der Waals surface area contributed by atoms with Gasteiger partial charge in [-0.2, -0.15) is 0 Å². The highest BCUT2D eigenvalue weighted by Crippen LogP contribution is 2.31. The van der Waals surface area contributed by atoms with E-state index in [0.717, 1.165) is 6.07 Å². The van der Waals surface area contributed by atoms with Crippen molar-refractivity contribution in [3.8, 4) is 17.0 Å². The monoisotopic (exact) mass is 633 g/mol. The van der Waals surface area contributed by atoms with E-state index in [-0.39, 0.29) is 22.8 Å². The zero-order chi connectivity index (χ0) is 30.0. The number of halogens is 6. The number of nitrogens with zero attached hydrogens (tertiary/aromatic N) is 3. The van der Waals surface area contributed by atoms with Gasteiger partial charge >= 0.3 is 6.09 Å². The number of aromatic nitrogens is 3. The van der Waals surface area contributed by atoms with Gasteiger partial charge in [0.25, 0.3) is 12.9 Å². The quantitative estimate of drug-likeness (QED) is 0.187. The summed E-state index contributed by atoms with van der Waals surface area (Å²) in [6.07, 6.45) is -4.26. The predicted molar refractivity (Wildman–Crippen MR) is 143 cm³/mol. The number of ether oxygens (including phenoxy) is 2. The number of methoxy groups -OCH3 is 1. The van der Waals surface area contributed by atoms with Gasteiger partial charge in [0.2, 0.25) is 0 Å². The largest absolute Gasteiger partial charge is 0.490 e. The Kier molecular flexibility index (Phi) is 12.2. The first-order valence-corrected chi connectivity index (χ1v) is 12.6. The molecule has 0 radical (unpaired) electrons. The fourth-order valence-corrected chi connectivity index (χ4v) is 3.86. The van der Waals surface area contributed by atoms with Crippen LogP contribution in [0.4, 0.5) is 32.6 Å². The molecule has 0 aromatic carbocycles. The first-order valence-electron chi connectivity index (χ1n) is 11.8. The van der Waals surface area contributed by atoms with Crippen LogP contribution >= 0.6 is 15.9 Å². The molecule has 0 unspecified atom stereocenters. The van der Waals surface area contributed by atoms with E-state index in [4.69, 9.17) is 10.5 Å². The minimum atomic E-state index is -2.87. The standard InChI is InChI=1S/C20H26F2N4O3.C6H3BrF3N/c1-12(2)10-20(3,23)11-29-15-6-5-14(25-17(15)18(21)22)13-7-8-24-16(9-13)26-19(27)28-4;7-4-2-1-3(8)5(11-4)6(9)10/h5-9,12,18H,10-11,23H2,1-4H3,(H,24,26,27);1-2,6H/t20-;/m0./s1. The average Bonchev–Trinajstić information content (AvgIpc) is 2.88. The van der Waals surface area contributed by atoms with Crippen molar-refractivity contribution in [2.45, 2.75) is 45.6 Å². The van der Waals surface area contributed by atoms with Gasteiger partial charge in [0.15, 0.2) is 5.82 Å². The summed E-state index contributed by atoms with van der Waals surface area (Å²) in [5.74, 6) is -0.430. The smallest absolute Gasteiger partial charge is 0.412 e. The fraction of sp³-hybridized carbons (Fsp3) is 0.385. The molecule has 3 aromatic heterocycles.